The molecule has 3 rings (SSSR count). The number of benzene rings is 1. The van der Waals surface area contributed by atoms with Gasteiger partial charge in [0.25, 0.3) is 5.91 Å². The fourth-order valence-electron chi connectivity index (χ4n) is 7.36. The van der Waals surface area contributed by atoms with Crippen LogP contribution in [-0.4, -0.2) is 117 Å². The van der Waals surface area contributed by atoms with Gasteiger partial charge in [0.05, 0.1) is 11.5 Å². The first-order valence-electron chi connectivity index (χ1n) is 23.2. The summed E-state index contributed by atoms with van der Waals surface area (Å²) in [5.74, 6) is -4.72. The van der Waals surface area contributed by atoms with Crippen LogP contribution in [-0.2, 0) is 39.9 Å². The summed E-state index contributed by atoms with van der Waals surface area (Å²) < 4.78 is 27.2. The molecule has 0 bridgehead atoms. The SMILES string of the molecule is [2H]CN1CCC[C@@]1(C[2H])C(=O)N[C@H](C(=O)N(C)[C@H](C[C@@H](OC(C)=O)c1nc(C(=O)N[C@@H](Cc2ccc(NC(=O)[C@H](C)NC(=O)OC(C)(C)C)cc2)C[C@H](C)C(=O)O)cs1)C(C)C)[C@@H](C)CC. The van der Waals surface area contributed by atoms with Crippen LogP contribution in [0.5, 0.6) is 0 Å². The van der Waals surface area contributed by atoms with Gasteiger partial charge in [0, 0.05) is 46.3 Å². The van der Waals surface area contributed by atoms with Gasteiger partial charge in [-0.25, -0.2) is 9.78 Å². The van der Waals surface area contributed by atoms with Crippen LogP contribution in [0.3, 0.4) is 0 Å². The molecule has 1 aromatic carbocycles. The molecule has 8 atom stereocenters. The number of anilines is 1. The highest BCUT2D eigenvalue weighted by molar-refractivity contribution is 7.09. The minimum atomic E-state index is -1.19. The Morgan fingerprint density at radius 2 is 1.69 bits per heavy atom. The largest absolute Gasteiger partial charge is 0.481 e. The lowest BCUT2D eigenvalue weighted by molar-refractivity contribution is -0.149. The smallest absolute Gasteiger partial charge is 0.408 e. The Kier molecular flexibility index (Phi) is 18.1. The van der Waals surface area contributed by atoms with Crippen LogP contribution < -0.4 is 21.3 Å². The van der Waals surface area contributed by atoms with Crippen molar-refractivity contribution >= 4 is 58.7 Å². The average molecular weight is 916 g/mol. The molecule has 1 aliphatic rings. The molecule has 356 valence electrons. The lowest BCUT2D eigenvalue weighted by atomic mass is 9.91. The van der Waals surface area contributed by atoms with Crippen LogP contribution in [0.2, 0.25) is 0 Å². The number of likely N-dealkylation sites (tertiary alicyclic amines) is 1. The number of amides is 5. The number of ether oxygens (including phenoxy) is 2. The fraction of sp³-hybridized carbons (Fsp3) is 0.652. The van der Waals surface area contributed by atoms with Gasteiger partial charge in [0.2, 0.25) is 17.7 Å². The van der Waals surface area contributed by atoms with Gasteiger partial charge >= 0.3 is 18.0 Å². The number of hydrogen-bond acceptors (Lipinski definition) is 12. The lowest BCUT2D eigenvalue weighted by Gasteiger charge is -2.38. The zero-order valence-electron chi connectivity index (χ0n) is 41.2. The van der Waals surface area contributed by atoms with E-state index in [4.69, 9.17) is 12.2 Å². The van der Waals surface area contributed by atoms with Crippen molar-refractivity contribution in [3.05, 3.63) is 45.9 Å². The summed E-state index contributed by atoms with van der Waals surface area (Å²) in [5, 5.41) is 22.7. The summed E-state index contributed by atoms with van der Waals surface area (Å²) in [6.45, 7) is 17.4. The zero-order valence-corrected chi connectivity index (χ0v) is 40.1. The molecule has 5 amide bonds. The summed E-state index contributed by atoms with van der Waals surface area (Å²) in [4.78, 5) is 99.1. The number of aromatic nitrogens is 1. The second-order valence-corrected chi connectivity index (χ2v) is 19.2. The van der Waals surface area contributed by atoms with E-state index in [0.29, 0.717) is 36.5 Å². The van der Waals surface area contributed by atoms with Gasteiger partial charge in [-0.2, -0.15) is 0 Å². The van der Waals surface area contributed by atoms with Gasteiger partial charge in [-0.3, -0.25) is 33.7 Å². The van der Waals surface area contributed by atoms with Crippen molar-refractivity contribution in [1.82, 2.24) is 30.7 Å². The molecular formula is C46H71N7O10S. The van der Waals surface area contributed by atoms with E-state index in [-0.39, 0.29) is 56.6 Å². The molecule has 0 aliphatic carbocycles. The Morgan fingerprint density at radius 3 is 2.25 bits per heavy atom. The van der Waals surface area contributed by atoms with Crippen LogP contribution in [0.25, 0.3) is 0 Å². The van der Waals surface area contributed by atoms with Crippen LogP contribution in [0, 0.1) is 17.8 Å². The Bertz CT molecular complexity index is 2000. The maximum Gasteiger partial charge on any atom is 0.408 e. The Hall–Kier alpha value is -5.10. The van der Waals surface area contributed by atoms with Crippen molar-refractivity contribution in [3.63, 3.8) is 0 Å². The van der Waals surface area contributed by atoms with Crippen LogP contribution in [0.1, 0.15) is 138 Å². The van der Waals surface area contributed by atoms with Gasteiger partial charge in [-0.1, -0.05) is 53.2 Å². The van der Waals surface area contributed by atoms with Gasteiger partial charge in [0.15, 0.2) is 6.10 Å². The van der Waals surface area contributed by atoms with Gasteiger partial charge in [0.1, 0.15) is 28.4 Å². The molecule has 0 unspecified atom stereocenters. The molecule has 1 aliphatic heterocycles. The number of alkyl carbamates (subject to hydrolysis) is 1. The number of thiazole rings is 1. The third-order valence-electron chi connectivity index (χ3n) is 11.4. The summed E-state index contributed by atoms with van der Waals surface area (Å²) in [6, 6.07) is 3.79. The highest BCUT2D eigenvalue weighted by Gasteiger charge is 2.44. The minimum Gasteiger partial charge on any atom is -0.481 e. The molecule has 1 saturated heterocycles. The number of nitrogens with one attached hydrogen (secondary N) is 4. The number of esters is 1. The van der Waals surface area contributed by atoms with Crippen LogP contribution in [0.4, 0.5) is 10.5 Å². The maximum absolute atomic E-state index is 14.4. The fourth-order valence-corrected chi connectivity index (χ4v) is 8.20. The number of likely N-dealkylation sites (N-methyl/N-ethyl adjacent to an activating group) is 2. The number of rotatable bonds is 21. The molecule has 17 nitrogen and oxygen atoms in total. The van der Waals surface area contributed by atoms with E-state index >= 15 is 0 Å². The normalized spacial score (nSPS) is 19.1. The van der Waals surface area contributed by atoms with Crippen molar-refractivity contribution in [1.29, 1.82) is 0 Å². The first kappa shape index (κ1) is 49.9. The van der Waals surface area contributed by atoms with E-state index in [2.05, 4.69) is 26.3 Å². The highest BCUT2D eigenvalue weighted by atomic mass is 32.1. The molecule has 0 spiro atoms. The lowest BCUT2D eigenvalue weighted by Crippen LogP contribution is -2.60. The topological polar surface area (TPSA) is 226 Å². The number of carbonyl (C=O) groups is 7. The maximum atomic E-state index is 14.4. The number of carboxylic acid groups (broad SMARTS) is 1. The van der Waals surface area contributed by atoms with E-state index in [1.807, 2.05) is 27.7 Å². The van der Waals surface area contributed by atoms with E-state index in [9.17, 15) is 38.7 Å². The molecular weight excluding hydrogens is 843 g/mol. The first-order chi connectivity index (χ1) is 30.9. The summed E-state index contributed by atoms with van der Waals surface area (Å²) in [7, 11) is 1.50. The van der Waals surface area contributed by atoms with Crippen LogP contribution in [0.15, 0.2) is 29.6 Å². The van der Waals surface area contributed by atoms with Gasteiger partial charge < -0.3 is 40.7 Å². The second-order valence-electron chi connectivity index (χ2n) is 18.3. The predicted octanol–water partition coefficient (Wildman–Crippen LogP) is 5.94. The molecule has 0 radical (unpaired) electrons. The van der Waals surface area contributed by atoms with E-state index in [1.165, 1.54) is 19.2 Å². The first-order valence-corrected chi connectivity index (χ1v) is 22.7. The minimum absolute atomic E-state index is 0.0225. The molecule has 2 aromatic rings. The summed E-state index contributed by atoms with van der Waals surface area (Å²) >= 11 is 1.10. The monoisotopic (exact) mass is 916 g/mol. The predicted molar refractivity (Wildman–Crippen MR) is 245 cm³/mol. The number of carboxylic acids is 1. The van der Waals surface area contributed by atoms with E-state index in [0.717, 1.165) is 16.9 Å². The Balaban J connectivity index is 1.80. The van der Waals surface area contributed by atoms with Crippen molar-refractivity contribution in [2.45, 2.75) is 156 Å². The summed E-state index contributed by atoms with van der Waals surface area (Å²) in [6.07, 6.45) is 0.419. The quantitative estimate of drug-likeness (QED) is 0.0918. The number of nitrogens with zero attached hydrogens (tertiary/aromatic N) is 3. The molecule has 2 heterocycles. The molecule has 1 fully saturated rings. The van der Waals surface area contributed by atoms with Gasteiger partial charge in [-0.15, -0.1) is 11.3 Å². The molecule has 1 aromatic heterocycles. The van der Waals surface area contributed by atoms with Crippen molar-refractivity contribution in [2.24, 2.45) is 17.8 Å². The Labute approximate surface area is 385 Å². The highest BCUT2D eigenvalue weighted by Crippen LogP contribution is 2.32. The molecule has 64 heavy (non-hydrogen) atoms. The second kappa shape index (κ2) is 23.2. The average Bonchev–Trinajstić information content (AvgIpc) is 3.92. The number of hydrogen-bond donors (Lipinski definition) is 5. The third-order valence-corrected chi connectivity index (χ3v) is 12.4. The zero-order chi connectivity index (χ0) is 49.7. The summed E-state index contributed by atoms with van der Waals surface area (Å²) in [5.41, 5.74) is -0.712. The van der Waals surface area contributed by atoms with Crippen molar-refractivity contribution in [2.75, 3.05) is 25.9 Å². The molecule has 18 heteroatoms. The number of aliphatic carboxylic acids is 1. The van der Waals surface area contributed by atoms with E-state index in [1.54, 1.807) is 68.8 Å². The van der Waals surface area contributed by atoms with Crippen LogP contribution >= 0.6 is 11.3 Å². The standard InChI is InChI=1S/C46H71N7O10S/c1-14-27(4)37(51-43(60)46(11)20-15-21-52(46)12)41(57)53(13)35(26(2)3)24-36(62-30(7)54)40-50-34(25-64-40)39(56)49-33(22-28(5)42(58)59)23-31-16-18-32(19-17-31)48-38(55)29(6)47-44(61)63-45(8,9)10/h16-19,25-29,33,35-37H,14-15,20-24H2,1-13H3,(H,47,61)(H,48,55)(H,49,56)(H,51,60)(H,58,59)/t27-,28-,29-,33+,35+,36+,37-,46-/m0/s1/i11D,12D. The Morgan fingerprint density at radius 1 is 1.02 bits per heavy atom. The third kappa shape index (κ3) is 15.3. The number of carbonyl (C=O) groups excluding carboxylic acids is 6. The van der Waals surface area contributed by atoms with Gasteiger partial charge in [-0.05, 0) is 103 Å². The van der Waals surface area contributed by atoms with E-state index < -0.39 is 83.1 Å². The molecule has 0 saturated carbocycles. The van der Waals surface area contributed by atoms with Crippen molar-refractivity contribution < 1.29 is 50.9 Å². The van der Waals surface area contributed by atoms with Crippen molar-refractivity contribution in [3.8, 4) is 0 Å². The molecule has 5 N–H and O–H groups in total.